The molecule has 0 radical (unpaired) electrons. The van der Waals surface area contributed by atoms with Gasteiger partial charge < -0.3 is 5.32 Å². The van der Waals surface area contributed by atoms with Gasteiger partial charge in [0.15, 0.2) is 0 Å². The molecule has 1 saturated heterocycles. The summed E-state index contributed by atoms with van der Waals surface area (Å²) < 4.78 is 0. The van der Waals surface area contributed by atoms with Gasteiger partial charge in [0.05, 0.1) is 0 Å². The number of nitrogens with zero attached hydrogens (tertiary/aromatic N) is 1. The van der Waals surface area contributed by atoms with E-state index < -0.39 is 0 Å². The van der Waals surface area contributed by atoms with Crippen LogP contribution in [0.15, 0.2) is 0 Å². The van der Waals surface area contributed by atoms with E-state index in [1.165, 1.54) is 4.90 Å². The predicted molar refractivity (Wildman–Crippen MR) is 76.8 cm³/mol. The van der Waals surface area contributed by atoms with Gasteiger partial charge in [-0.1, -0.05) is 13.8 Å². The minimum Gasteiger partial charge on any atom is -0.314 e. The Labute approximate surface area is 116 Å². The molecule has 0 aromatic carbocycles. The zero-order valence-corrected chi connectivity index (χ0v) is 12.4. The molecule has 4 heteroatoms. The number of hydrogen-bond donors (Lipinski definition) is 1. The molecule has 1 heterocycles. The minimum atomic E-state index is 0.0251. The van der Waals surface area contributed by atoms with Crippen molar-refractivity contribution in [2.24, 2.45) is 0 Å². The molecule has 1 rings (SSSR count). The molecule has 0 aromatic rings. The van der Waals surface area contributed by atoms with Gasteiger partial charge in [-0.05, 0) is 45.1 Å². The summed E-state index contributed by atoms with van der Waals surface area (Å²) in [7, 11) is 0. The van der Waals surface area contributed by atoms with Crippen LogP contribution in [0.3, 0.4) is 0 Å². The third-order valence-electron chi connectivity index (χ3n) is 3.74. The van der Waals surface area contributed by atoms with Gasteiger partial charge in [-0.15, -0.1) is 0 Å². The lowest BCUT2D eigenvalue weighted by atomic mass is 10.1. The maximum Gasteiger partial charge on any atom is 0.229 e. The zero-order chi connectivity index (χ0) is 14.1. The molecule has 19 heavy (non-hydrogen) atoms. The first-order chi connectivity index (χ1) is 9.19. The number of hydrogen-bond acceptors (Lipinski definition) is 3. The molecule has 2 amide bonds. The van der Waals surface area contributed by atoms with Gasteiger partial charge >= 0.3 is 0 Å². The van der Waals surface area contributed by atoms with Crippen LogP contribution in [0.5, 0.6) is 0 Å². The highest BCUT2D eigenvalue weighted by Crippen LogP contribution is 2.14. The van der Waals surface area contributed by atoms with E-state index in [4.69, 9.17) is 0 Å². The molecule has 0 aromatic heterocycles. The topological polar surface area (TPSA) is 49.4 Å². The Bertz CT molecular complexity index is 274. The quantitative estimate of drug-likeness (QED) is 0.688. The summed E-state index contributed by atoms with van der Waals surface area (Å²) in [6.45, 7) is 5.98. The SMILES string of the molecule is CCCNC(CC)CCCN1C(=O)CCCCC1=O. The van der Waals surface area contributed by atoms with Gasteiger partial charge in [0.1, 0.15) is 0 Å². The first kappa shape index (κ1) is 16.2. The molecule has 4 nitrogen and oxygen atoms in total. The van der Waals surface area contributed by atoms with Crippen LogP contribution in [-0.2, 0) is 9.59 Å². The van der Waals surface area contributed by atoms with E-state index in [-0.39, 0.29) is 11.8 Å². The molecule has 0 spiro atoms. The zero-order valence-electron chi connectivity index (χ0n) is 12.4. The Morgan fingerprint density at radius 1 is 1.16 bits per heavy atom. The fourth-order valence-electron chi connectivity index (χ4n) is 2.51. The van der Waals surface area contributed by atoms with Crippen molar-refractivity contribution in [1.29, 1.82) is 0 Å². The van der Waals surface area contributed by atoms with Crippen LogP contribution in [0.2, 0.25) is 0 Å². The van der Waals surface area contributed by atoms with Crippen molar-refractivity contribution in [3.8, 4) is 0 Å². The summed E-state index contributed by atoms with van der Waals surface area (Å²) in [5.74, 6) is 0.0501. The Morgan fingerprint density at radius 3 is 2.32 bits per heavy atom. The standard InChI is InChI=1S/C15H28N2O2/c1-3-11-16-13(4-2)8-7-12-17-14(18)9-5-6-10-15(17)19/h13,16H,3-12H2,1-2H3. The van der Waals surface area contributed by atoms with Gasteiger partial charge in [0, 0.05) is 25.4 Å². The van der Waals surface area contributed by atoms with Crippen LogP contribution in [0.25, 0.3) is 0 Å². The van der Waals surface area contributed by atoms with Crippen LogP contribution in [0.4, 0.5) is 0 Å². The predicted octanol–water partition coefficient (Wildman–Crippen LogP) is 2.47. The lowest BCUT2D eigenvalue weighted by molar-refractivity contribution is -0.143. The van der Waals surface area contributed by atoms with Gasteiger partial charge in [0.25, 0.3) is 0 Å². The van der Waals surface area contributed by atoms with Crippen molar-refractivity contribution in [2.75, 3.05) is 13.1 Å². The van der Waals surface area contributed by atoms with E-state index in [0.717, 1.165) is 45.1 Å². The third-order valence-corrected chi connectivity index (χ3v) is 3.74. The Kier molecular flexibility index (Phi) is 7.72. The maximum absolute atomic E-state index is 11.8. The van der Waals surface area contributed by atoms with Crippen molar-refractivity contribution >= 4 is 11.8 Å². The summed E-state index contributed by atoms with van der Waals surface area (Å²) in [6, 6.07) is 0.511. The smallest absolute Gasteiger partial charge is 0.229 e. The van der Waals surface area contributed by atoms with Crippen molar-refractivity contribution in [2.45, 2.75) is 71.3 Å². The second-order valence-electron chi connectivity index (χ2n) is 5.35. The summed E-state index contributed by atoms with van der Waals surface area (Å²) in [5, 5.41) is 3.50. The van der Waals surface area contributed by atoms with Crippen molar-refractivity contribution in [3.63, 3.8) is 0 Å². The fourth-order valence-corrected chi connectivity index (χ4v) is 2.51. The van der Waals surface area contributed by atoms with Crippen LogP contribution in [0, 0.1) is 0 Å². The van der Waals surface area contributed by atoms with E-state index in [0.29, 0.717) is 25.4 Å². The molecule has 1 aliphatic heterocycles. The summed E-state index contributed by atoms with van der Waals surface area (Å²) in [4.78, 5) is 25.1. The monoisotopic (exact) mass is 268 g/mol. The number of rotatable bonds is 8. The molecule has 0 aliphatic carbocycles. The maximum atomic E-state index is 11.8. The molecule has 1 unspecified atom stereocenters. The number of carbonyl (C=O) groups excluding carboxylic acids is 2. The van der Waals surface area contributed by atoms with E-state index in [1.807, 2.05) is 0 Å². The molecule has 1 fully saturated rings. The van der Waals surface area contributed by atoms with Crippen LogP contribution in [-0.4, -0.2) is 35.8 Å². The second kappa shape index (κ2) is 9.08. The molecule has 0 saturated carbocycles. The van der Waals surface area contributed by atoms with E-state index >= 15 is 0 Å². The van der Waals surface area contributed by atoms with Gasteiger partial charge in [0.2, 0.25) is 11.8 Å². The van der Waals surface area contributed by atoms with E-state index in [2.05, 4.69) is 19.2 Å². The van der Waals surface area contributed by atoms with Gasteiger partial charge in [-0.2, -0.15) is 0 Å². The number of nitrogens with one attached hydrogen (secondary N) is 1. The normalized spacial score (nSPS) is 18.5. The number of likely N-dealkylation sites (tertiary alicyclic amines) is 1. The van der Waals surface area contributed by atoms with Crippen molar-refractivity contribution in [3.05, 3.63) is 0 Å². The molecule has 110 valence electrons. The van der Waals surface area contributed by atoms with Gasteiger partial charge in [-0.3, -0.25) is 14.5 Å². The van der Waals surface area contributed by atoms with Crippen molar-refractivity contribution < 1.29 is 9.59 Å². The van der Waals surface area contributed by atoms with Gasteiger partial charge in [-0.25, -0.2) is 0 Å². The molecule has 1 N–H and O–H groups in total. The number of amides is 2. The number of imide groups is 1. The molecule has 1 aliphatic rings. The minimum absolute atomic E-state index is 0.0251. The Balaban J connectivity index is 2.33. The summed E-state index contributed by atoms with van der Waals surface area (Å²) in [6.07, 6.45) is 6.98. The largest absolute Gasteiger partial charge is 0.314 e. The van der Waals surface area contributed by atoms with E-state index in [1.54, 1.807) is 0 Å². The first-order valence-corrected chi connectivity index (χ1v) is 7.75. The molecule has 0 bridgehead atoms. The lowest BCUT2D eigenvalue weighted by Crippen LogP contribution is -2.37. The summed E-state index contributed by atoms with van der Waals surface area (Å²) in [5.41, 5.74) is 0. The summed E-state index contributed by atoms with van der Waals surface area (Å²) >= 11 is 0. The van der Waals surface area contributed by atoms with Crippen LogP contribution >= 0.6 is 0 Å². The Hall–Kier alpha value is -0.900. The third kappa shape index (κ3) is 5.72. The highest BCUT2D eigenvalue weighted by molar-refractivity contribution is 5.95. The molecular weight excluding hydrogens is 240 g/mol. The fraction of sp³-hybridized carbons (Fsp3) is 0.867. The molecular formula is C15H28N2O2. The van der Waals surface area contributed by atoms with E-state index in [9.17, 15) is 9.59 Å². The number of carbonyl (C=O) groups is 2. The highest BCUT2D eigenvalue weighted by atomic mass is 16.2. The Morgan fingerprint density at radius 2 is 1.79 bits per heavy atom. The highest BCUT2D eigenvalue weighted by Gasteiger charge is 2.23. The first-order valence-electron chi connectivity index (χ1n) is 7.75. The van der Waals surface area contributed by atoms with Crippen LogP contribution in [0.1, 0.15) is 65.2 Å². The average Bonchev–Trinajstić information content (AvgIpc) is 2.56. The van der Waals surface area contributed by atoms with Crippen LogP contribution < -0.4 is 5.32 Å². The van der Waals surface area contributed by atoms with Crippen molar-refractivity contribution in [1.82, 2.24) is 10.2 Å². The average molecular weight is 268 g/mol. The second-order valence-corrected chi connectivity index (χ2v) is 5.35. The molecule has 1 atom stereocenters. The lowest BCUT2D eigenvalue weighted by Gasteiger charge is -2.21.